The topological polar surface area (TPSA) is 0 Å². The Kier molecular flexibility index (Phi) is 12.4. The second-order valence-electron chi connectivity index (χ2n) is 17.7. The van der Waals surface area contributed by atoms with Crippen molar-refractivity contribution in [3.8, 4) is 33.4 Å². The van der Waals surface area contributed by atoms with Gasteiger partial charge in [-0.3, -0.25) is 0 Å². The Hall–Kier alpha value is -4.68. The van der Waals surface area contributed by atoms with E-state index < -0.39 is 0 Å². The van der Waals surface area contributed by atoms with E-state index in [0.717, 1.165) is 38.5 Å². The van der Waals surface area contributed by atoms with E-state index in [-0.39, 0.29) is 11.8 Å². The highest BCUT2D eigenvalue weighted by Gasteiger charge is 2.28. The van der Waals surface area contributed by atoms with Crippen LogP contribution in [0.5, 0.6) is 0 Å². The first kappa shape index (κ1) is 37.3. The molecule has 8 rings (SSSR count). The summed E-state index contributed by atoms with van der Waals surface area (Å²) in [5.74, 6) is -0.718. The van der Waals surface area contributed by atoms with E-state index in [9.17, 15) is 0 Å². The monoisotopic (exact) mass is 727 g/mol. The Morgan fingerprint density at radius 1 is 0.345 bits per heavy atom. The summed E-state index contributed by atoms with van der Waals surface area (Å²) in [6.45, 7) is 15.6. The fourth-order valence-corrected chi connectivity index (χ4v) is 7.70. The summed E-state index contributed by atoms with van der Waals surface area (Å²) in [6.07, 6.45) is 8.60. The Morgan fingerprint density at radius 2 is 0.582 bits per heavy atom. The standard InChI is InChI=1S/C21H26.C19H16.C15H22/c1-16-4-6-17(7-5-16)18-8-10-19(11-9-18)20-12-14-21(2,3)15-13-20;1-15-7-9-17(10-8-15)19-13-11-18(12-14-19)16-5-3-2-4-6-16;1-12-4-6-13(7-5-12)14-8-10-15(2,3)11-9-14/h4-11,20H,12-15H2,1-3H3;2-14H,1H3;4-7,14H,8-11H2,1-3H3/i20D;;14D. The summed E-state index contributed by atoms with van der Waals surface area (Å²) in [7, 11) is 0. The molecule has 0 atom stereocenters. The van der Waals surface area contributed by atoms with Gasteiger partial charge in [-0.2, -0.15) is 0 Å². The van der Waals surface area contributed by atoms with E-state index in [4.69, 9.17) is 2.74 Å². The number of aryl methyl sites for hydroxylation is 3. The molecule has 284 valence electrons. The van der Waals surface area contributed by atoms with Crippen LogP contribution in [0.3, 0.4) is 0 Å². The maximum atomic E-state index is 8.84. The van der Waals surface area contributed by atoms with Gasteiger partial charge in [0, 0.05) is 2.74 Å². The van der Waals surface area contributed by atoms with Crippen LogP contribution in [0.4, 0.5) is 0 Å². The van der Waals surface area contributed by atoms with Gasteiger partial charge in [-0.25, -0.2) is 0 Å². The van der Waals surface area contributed by atoms with Crippen LogP contribution in [0.2, 0.25) is 0 Å². The minimum absolute atomic E-state index is 0.330. The molecule has 55 heavy (non-hydrogen) atoms. The summed E-state index contributed by atoms with van der Waals surface area (Å²) in [6, 6.07) is 53.7. The van der Waals surface area contributed by atoms with E-state index in [0.29, 0.717) is 10.8 Å². The molecule has 0 nitrogen and oxygen atoms in total. The van der Waals surface area contributed by atoms with Crippen molar-refractivity contribution >= 4 is 0 Å². The molecule has 0 aromatic heterocycles. The molecule has 0 N–H and O–H groups in total. The summed E-state index contributed by atoms with van der Waals surface area (Å²) in [5, 5.41) is 0. The third-order valence-corrected chi connectivity index (χ3v) is 11.9. The molecule has 2 fully saturated rings. The second kappa shape index (κ2) is 18.3. The molecule has 0 saturated heterocycles. The van der Waals surface area contributed by atoms with Gasteiger partial charge in [-0.1, -0.05) is 196 Å². The highest BCUT2D eigenvalue weighted by Crippen LogP contribution is 2.43. The van der Waals surface area contributed by atoms with Gasteiger partial charge in [0.25, 0.3) is 0 Å². The van der Waals surface area contributed by atoms with Crippen LogP contribution >= 0.6 is 0 Å². The largest absolute Gasteiger partial charge is 0.0622 e. The van der Waals surface area contributed by atoms with Gasteiger partial charge in [-0.15, -0.1) is 0 Å². The molecule has 0 bridgehead atoms. The first-order valence-electron chi connectivity index (χ1n) is 21.6. The molecular weight excluding hydrogens is 661 g/mol. The third-order valence-electron chi connectivity index (χ3n) is 11.9. The summed E-state index contributed by atoms with van der Waals surface area (Å²) in [5.41, 5.74) is 14.6. The fraction of sp³-hybridized carbons (Fsp3) is 0.345. The molecule has 2 aliphatic carbocycles. The molecule has 0 unspecified atom stereocenters. The van der Waals surface area contributed by atoms with E-state index in [1.54, 1.807) is 0 Å². The lowest BCUT2D eigenvalue weighted by Crippen LogP contribution is -2.20. The van der Waals surface area contributed by atoms with Gasteiger partial charge in [0.1, 0.15) is 0 Å². The van der Waals surface area contributed by atoms with Crippen molar-refractivity contribution in [3.05, 3.63) is 179 Å². The summed E-state index contributed by atoms with van der Waals surface area (Å²) < 4.78 is 17.5. The fourth-order valence-electron chi connectivity index (χ4n) is 7.70. The number of hydrogen-bond donors (Lipinski definition) is 0. The van der Waals surface area contributed by atoms with Crippen molar-refractivity contribution in [2.75, 3.05) is 0 Å². The number of benzene rings is 6. The van der Waals surface area contributed by atoms with Crippen molar-refractivity contribution in [3.63, 3.8) is 0 Å². The summed E-state index contributed by atoms with van der Waals surface area (Å²) >= 11 is 0. The predicted molar refractivity (Wildman–Crippen MR) is 240 cm³/mol. The van der Waals surface area contributed by atoms with Crippen molar-refractivity contribution in [1.29, 1.82) is 0 Å². The molecule has 2 saturated carbocycles. The molecule has 0 amide bonds. The van der Waals surface area contributed by atoms with E-state index >= 15 is 0 Å². The van der Waals surface area contributed by atoms with Crippen LogP contribution < -0.4 is 0 Å². The van der Waals surface area contributed by atoms with Crippen molar-refractivity contribution < 1.29 is 2.74 Å². The molecule has 0 radical (unpaired) electrons. The predicted octanol–water partition coefficient (Wildman–Crippen LogP) is 16.4. The lowest BCUT2D eigenvalue weighted by atomic mass is 9.71. The van der Waals surface area contributed by atoms with Crippen LogP contribution in [0.1, 0.15) is 121 Å². The Balaban J connectivity index is 0.000000146. The molecule has 0 aliphatic heterocycles. The minimum Gasteiger partial charge on any atom is -0.0622 e. The zero-order valence-corrected chi connectivity index (χ0v) is 34.6. The van der Waals surface area contributed by atoms with Gasteiger partial charge >= 0.3 is 0 Å². The SMILES string of the molecule is Cc1ccc(-c2ccc(-c3ccccc3)cc2)cc1.[2H]C1(c2ccc(-c3ccc(C)cc3)cc2)CCC(C)(C)CC1.[2H]C1(c2ccc(C)cc2)CCC(C)(C)CC1. The van der Waals surface area contributed by atoms with E-state index in [1.807, 2.05) is 6.07 Å². The number of hydrogen-bond acceptors (Lipinski definition) is 0. The highest BCUT2D eigenvalue weighted by molar-refractivity contribution is 5.70. The zero-order chi connectivity index (χ0) is 40.7. The van der Waals surface area contributed by atoms with Gasteiger partial charge in [-0.05, 0) is 139 Å². The maximum absolute atomic E-state index is 8.84. The highest BCUT2D eigenvalue weighted by atomic mass is 14.3. The zero-order valence-electron chi connectivity index (χ0n) is 36.6. The Labute approximate surface area is 336 Å². The van der Waals surface area contributed by atoms with Gasteiger partial charge in [0.05, 0.1) is 0 Å². The minimum atomic E-state index is -0.388. The van der Waals surface area contributed by atoms with Gasteiger partial charge < -0.3 is 0 Å². The maximum Gasteiger partial charge on any atom is 0.0352 e. The number of rotatable bonds is 5. The van der Waals surface area contributed by atoms with Gasteiger partial charge in [0.2, 0.25) is 0 Å². The molecule has 6 aromatic carbocycles. The molecule has 6 aromatic rings. The first-order chi connectivity index (χ1) is 27.1. The first-order valence-corrected chi connectivity index (χ1v) is 20.6. The lowest BCUT2D eigenvalue weighted by molar-refractivity contribution is 0.224. The molecule has 2 aliphatic rings. The average Bonchev–Trinajstić information content (AvgIpc) is 3.22. The van der Waals surface area contributed by atoms with E-state index in [2.05, 4.69) is 194 Å². The Bertz CT molecular complexity index is 2120. The molecule has 0 heteroatoms. The summed E-state index contributed by atoms with van der Waals surface area (Å²) in [4.78, 5) is 0. The van der Waals surface area contributed by atoms with Crippen LogP contribution in [0, 0.1) is 31.6 Å². The van der Waals surface area contributed by atoms with Crippen LogP contribution in [-0.2, 0) is 0 Å². The normalized spacial score (nSPS) is 18.2. The van der Waals surface area contributed by atoms with E-state index in [1.165, 1.54) is 74.0 Å². The van der Waals surface area contributed by atoms with Crippen molar-refractivity contribution in [2.24, 2.45) is 10.8 Å². The van der Waals surface area contributed by atoms with Crippen LogP contribution in [-0.4, -0.2) is 0 Å². The van der Waals surface area contributed by atoms with Crippen LogP contribution in [0.25, 0.3) is 33.4 Å². The lowest BCUT2D eigenvalue weighted by Gasteiger charge is -2.34. The van der Waals surface area contributed by atoms with Crippen molar-refractivity contribution in [1.82, 2.24) is 0 Å². The quantitative estimate of drug-likeness (QED) is 0.166. The molecule has 0 heterocycles. The molecular formula is C55H64. The smallest absolute Gasteiger partial charge is 0.0352 e. The van der Waals surface area contributed by atoms with Crippen molar-refractivity contribution in [2.45, 2.75) is 112 Å². The Morgan fingerprint density at radius 3 is 0.909 bits per heavy atom. The van der Waals surface area contributed by atoms with Gasteiger partial charge in [0.15, 0.2) is 0 Å². The third kappa shape index (κ3) is 11.7. The van der Waals surface area contributed by atoms with Crippen LogP contribution in [0.15, 0.2) is 152 Å². The second-order valence-corrected chi connectivity index (χ2v) is 17.7. The average molecular weight is 727 g/mol. The molecule has 0 spiro atoms.